The molecular weight excluding hydrogens is 142 g/mol. The van der Waals surface area contributed by atoms with Crippen LogP contribution in [0.4, 0.5) is 4.79 Å². The molecule has 1 N–H and O–H groups in total. The molecule has 1 amide bonds. The summed E-state index contributed by atoms with van der Waals surface area (Å²) < 4.78 is 4.96. The first-order chi connectivity index (χ1) is 5.33. The molecule has 0 aliphatic heterocycles. The van der Waals surface area contributed by atoms with Gasteiger partial charge in [-0.2, -0.15) is 0 Å². The molecule has 0 saturated heterocycles. The summed E-state index contributed by atoms with van der Waals surface area (Å²) in [6, 6.07) is 2.02. The zero-order valence-corrected chi connectivity index (χ0v) is 6.30. The Kier molecular flexibility index (Phi) is 2.79. The Labute approximate surface area is 66.1 Å². The first kappa shape index (κ1) is 7.93. The van der Waals surface area contributed by atoms with Gasteiger partial charge in [0.05, 0.1) is 0 Å². The quantitative estimate of drug-likeness (QED) is 0.454. The molecule has 1 rings (SSSR count). The molecule has 0 spiro atoms. The zero-order valence-electron chi connectivity index (χ0n) is 6.30. The van der Waals surface area contributed by atoms with E-state index in [9.17, 15) is 4.79 Å². The van der Waals surface area contributed by atoms with Gasteiger partial charge < -0.3 is 4.74 Å². The minimum Gasteiger partial charge on any atom is -0.446 e. The maximum Gasteiger partial charge on any atom is 0.419 e. The molecule has 3 heteroatoms. The first-order valence-corrected chi connectivity index (χ1v) is 3.75. The molecule has 60 valence electrons. The van der Waals surface area contributed by atoms with Crippen molar-refractivity contribution in [2.24, 2.45) is 0 Å². The van der Waals surface area contributed by atoms with Gasteiger partial charge in [-0.3, -0.25) is 0 Å². The summed E-state index contributed by atoms with van der Waals surface area (Å²) in [5.41, 5.74) is 0. The van der Waals surface area contributed by atoms with E-state index in [-0.39, 0.29) is 6.10 Å². The van der Waals surface area contributed by atoms with Gasteiger partial charge in [-0.25, -0.2) is 10.1 Å². The maximum absolute atomic E-state index is 10.7. The molecule has 0 aromatic rings. The fourth-order valence-electron chi connectivity index (χ4n) is 1.25. The summed E-state index contributed by atoms with van der Waals surface area (Å²) in [5, 5.41) is 2.14. The fourth-order valence-corrected chi connectivity index (χ4v) is 1.25. The van der Waals surface area contributed by atoms with Crippen LogP contribution in [0.15, 0.2) is 0 Å². The summed E-state index contributed by atoms with van der Waals surface area (Å²) in [4.78, 5) is 10.7. The van der Waals surface area contributed by atoms with E-state index >= 15 is 0 Å². The molecule has 3 nitrogen and oxygen atoms in total. The van der Waals surface area contributed by atoms with Crippen LogP contribution in [0.3, 0.4) is 0 Å². The van der Waals surface area contributed by atoms with E-state index in [1.165, 1.54) is 0 Å². The van der Waals surface area contributed by atoms with Gasteiger partial charge in [-0.1, -0.05) is 6.42 Å². The molecule has 1 aliphatic rings. The molecule has 0 unspecified atom stereocenters. The topological polar surface area (TPSA) is 38.3 Å². The van der Waals surface area contributed by atoms with E-state index in [1.807, 2.05) is 6.04 Å². The lowest BCUT2D eigenvalue weighted by atomic mass is 10.3. The molecular formula is C8H11NO2. The average molecular weight is 153 g/mol. The highest BCUT2D eigenvalue weighted by Crippen LogP contribution is 2.20. The average Bonchev–Trinajstić information content (AvgIpc) is 2.40. The summed E-state index contributed by atoms with van der Waals surface area (Å²) in [7, 11) is 0. The summed E-state index contributed by atoms with van der Waals surface area (Å²) >= 11 is 0. The SMILES string of the molecule is C#CNC(=O)OC1CCCC1. The number of hydrogen-bond donors (Lipinski definition) is 1. The van der Waals surface area contributed by atoms with Crippen molar-refractivity contribution in [3.8, 4) is 12.5 Å². The van der Waals surface area contributed by atoms with Crippen molar-refractivity contribution in [3.63, 3.8) is 0 Å². The van der Waals surface area contributed by atoms with Crippen molar-refractivity contribution in [3.05, 3.63) is 0 Å². The highest BCUT2D eigenvalue weighted by atomic mass is 16.6. The van der Waals surface area contributed by atoms with Gasteiger partial charge in [0.15, 0.2) is 0 Å². The van der Waals surface area contributed by atoms with Crippen LogP contribution in [0.25, 0.3) is 0 Å². The van der Waals surface area contributed by atoms with Crippen molar-refractivity contribution >= 4 is 6.09 Å². The van der Waals surface area contributed by atoms with Gasteiger partial charge >= 0.3 is 6.09 Å². The van der Waals surface area contributed by atoms with Gasteiger partial charge in [-0.15, -0.1) is 0 Å². The van der Waals surface area contributed by atoms with Crippen molar-refractivity contribution in [1.82, 2.24) is 5.32 Å². The summed E-state index contributed by atoms with van der Waals surface area (Å²) in [6.07, 6.45) is 8.66. The second kappa shape index (κ2) is 3.87. The second-order valence-corrected chi connectivity index (χ2v) is 2.58. The number of rotatable bonds is 1. The van der Waals surface area contributed by atoms with E-state index in [2.05, 4.69) is 5.32 Å². The van der Waals surface area contributed by atoms with Crippen molar-refractivity contribution in [2.45, 2.75) is 31.8 Å². The molecule has 0 heterocycles. The van der Waals surface area contributed by atoms with Gasteiger partial charge in [0, 0.05) is 6.04 Å². The predicted octanol–water partition coefficient (Wildman–Crippen LogP) is 1.25. The Balaban J connectivity index is 2.19. The number of ether oxygens (including phenoxy) is 1. The fraction of sp³-hybridized carbons (Fsp3) is 0.625. The largest absolute Gasteiger partial charge is 0.446 e. The Bertz CT molecular complexity index is 177. The van der Waals surface area contributed by atoms with Crippen LogP contribution < -0.4 is 5.32 Å². The molecule has 0 bridgehead atoms. The normalized spacial score (nSPS) is 17.4. The van der Waals surface area contributed by atoms with E-state index < -0.39 is 6.09 Å². The van der Waals surface area contributed by atoms with Gasteiger partial charge in [0.2, 0.25) is 0 Å². The monoisotopic (exact) mass is 153 g/mol. The van der Waals surface area contributed by atoms with Crippen LogP contribution in [0.1, 0.15) is 25.7 Å². The Morgan fingerprint density at radius 1 is 1.55 bits per heavy atom. The third-order valence-electron chi connectivity index (χ3n) is 1.75. The first-order valence-electron chi connectivity index (χ1n) is 3.75. The molecule has 1 aliphatic carbocycles. The Morgan fingerprint density at radius 3 is 2.73 bits per heavy atom. The van der Waals surface area contributed by atoms with Crippen molar-refractivity contribution in [2.75, 3.05) is 0 Å². The van der Waals surface area contributed by atoms with Crippen LogP contribution in [0.5, 0.6) is 0 Å². The molecule has 0 aromatic heterocycles. The molecule has 0 atom stereocenters. The summed E-state index contributed by atoms with van der Waals surface area (Å²) in [5.74, 6) is 0. The third kappa shape index (κ3) is 2.50. The Hall–Kier alpha value is -1.17. The van der Waals surface area contributed by atoms with Crippen LogP contribution in [0, 0.1) is 12.5 Å². The van der Waals surface area contributed by atoms with E-state index in [0.717, 1.165) is 25.7 Å². The zero-order chi connectivity index (χ0) is 8.10. The number of carbonyl (C=O) groups excluding carboxylic acids is 1. The maximum atomic E-state index is 10.7. The Morgan fingerprint density at radius 2 is 2.18 bits per heavy atom. The molecule has 0 aromatic carbocycles. The lowest BCUT2D eigenvalue weighted by Crippen LogP contribution is -2.23. The lowest BCUT2D eigenvalue weighted by Gasteiger charge is -2.08. The van der Waals surface area contributed by atoms with E-state index in [1.54, 1.807) is 0 Å². The van der Waals surface area contributed by atoms with Crippen LogP contribution in [0.2, 0.25) is 0 Å². The van der Waals surface area contributed by atoms with E-state index in [0.29, 0.717) is 0 Å². The smallest absolute Gasteiger partial charge is 0.419 e. The minimum atomic E-state index is -0.501. The second-order valence-electron chi connectivity index (χ2n) is 2.58. The number of amides is 1. The van der Waals surface area contributed by atoms with Crippen LogP contribution in [-0.4, -0.2) is 12.2 Å². The molecule has 0 radical (unpaired) electrons. The van der Waals surface area contributed by atoms with Crippen LogP contribution >= 0.6 is 0 Å². The standard InChI is InChI=1S/C8H11NO2/c1-2-9-8(10)11-7-5-3-4-6-7/h1,7H,3-6H2,(H,9,10). The molecule has 1 saturated carbocycles. The highest BCUT2D eigenvalue weighted by Gasteiger charge is 2.18. The number of alkyl carbamates (subject to hydrolysis) is 1. The number of hydrogen-bond acceptors (Lipinski definition) is 2. The van der Waals surface area contributed by atoms with Crippen LogP contribution in [-0.2, 0) is 4.74 Å². The van der Waals surface area contributed by atoms with Gasteiger partial charge in [0.25, 0.3) is 0 Å². The minimum absolute atomic E-state index is 0.0864. The van der Waals surface area contributed by atoms with E-state index in [4.69, 9.17) is 11.2 Å². The predicted molar refractivity (Wildman–Crippen MR) is 40.7 cm³/mol. The van der Waals surface area contributed by atoms with Crippen molar-refractivity contribution < 1.29 is 9.53 Å². The lowest BCUT2D eigenvalue weighted by molar-refractivity contribution is 0.105. The van der Waals surface area contributed by atoms with Gasteiger partial charge in [0.1, 0.15) is 6.10 Å². The van der Waals surface area contributed by atoms with Gasteiger partial charge in [-0.05, 0) is 25.7 Å². The number of terminal acetylenes is 1. The molecule has 11 heavy (non-hydrogen) atoms. The third-order valence-corrected chi connectivity index (χ3v) is 1.75. The number of nitrogens with one attached hydrogen (secondary N) is 1. The molecule has 1 fully saturated rings. The van der Waals surface area contributed by atoms with Crippen molar-refractivity contribution in [1.29, 1.82) is 0 Å². The summed E-state index contributed by atoms with van der Waals surface area (Å²) in [6.45, 7) is 0. The highest BCUT2D eigenvalue weighted by molar-refractivity contribution is 5.69. The number of carbonyl (C=O) groups is 1.